The Kier molecular flexibility index (Phi) is 3.14. The Bertz CT molecular complexity index is 178. The molecule has 1 rings (SSSR count). The Hall–Kier alpha value is -0.990. The first-order valence-corrected chi connectivity index (χ1v) is 4.17. The van der Waals surface area contributed by atoms with Gasteiger partial charge in [0.05, 0.1) is 0 Å². The molecule has 1 saturated carbocycles. The zero-order valence-corrected chi connectivity index (χ0v) is 6.86. The van der Waals surface area contributed by atoms with E-state index in [0.717, 1.165) is 12.6 Å². The molecule has 0 heterocycles. The maximum atomic E-state index is 11.0. The molecule has 0 saturated heterocycles. The van der Waals surface area contributed by atoms with Crippen molar-refractivity contribution in [3.05, 3.63) is 0 Å². The van der Waals surface area contributed by atoms with Crippen molar-refractivity contribution in [1.29, 1.82) is 0 Å². The lowest BCUT2D eigenvalue weighted by molar-refractivity contribution is -0.117. The van der Waals surface area contributed by atoms with Gasteiger partial charge in [0.25, 0.3) is 0 Å². The summed E-state index contributed by atoms with van der Waals surface area (Å²) < 4.78 is 0. The Morgan fingerprint density at radius 2 is 1.50 bits per heavy atom. The first-order chi connectivity index (χ1) is 5.77. The van der Waals surface area contributed by atoms with E-state index >= 15 is 0 Å². The highest BCUT2D eigenvalue weighted by Gasteiger charge is 2.31. The summed E-state index contributed by atoms with van der Waals surface area (Å²) in [7, 11) is 0. The molecule has 0 bridgehead atoms. The second-order valence-corrected chi connectivity index (χ2v) is 3.27. The van der Waals surface area contributed by atoms with Gasteiger partial charge >= 0.3 is 0 Å². The molecule has 0 unspecified atom stereocenters. The first kappa shape index (κ1) is 9.10. The molecule has 0 aromatic heterocycles. The minimum Gasteiger partial charge on any atom is -0.303 e. The third kappa shape index (κ3) is 2.00. The summed E-state index contributed by atoms with van der Waals surface area (Å²) in [5, 5.41) is 0. The molecule has 0 aliphatic heterocycles. The molecule has 2 atom stereocenters. The van der Waals surface area contributed by atoms with Gasteiger partial charge in [-0.05, 0) is 11.8 Å². The summed E-state index contributed by atoms with van der Waals surface area (Å²) >= 11 is 0. The lowest BCUT2D eigenvalue weighted by Crippen LogP contribution is -2.08. The van der Waals surface area contributed by atoms with Crippen molar-refractivity contribution in [2.24, 2.45) is 11.8 Å². The summed E-state index contributed by atoms with van der Waals surface area (Å²) in [5.74, 6) is 0.439. The minimum absolute atomic E-state index is 0.125. The molecule has 0 aromatic rings. The van der Waals surface area contributed by atoms with Gasteiger partial charge in [0.2, 0.25) is 0 Å². The summed E-state index contributed by atoms with van der Waals surface area (Å²) in [4.78, 5) is 31.4. The van der Waals surface area contributed by atoms with Crippen LogP contribution in [0.5, 0.6) is 0 Å². The topological polar surface area (TPSA) is 51.2 Å². The molecule has 1 fully saturated rings. The molecule has 0 amide bonds. The smallest absolute Gasteiger partial charge is 0.133 e. The van der Waals surface area contributed by atoms with Crippen molar-refractivity contribution in [2.45, 2.75) is 25.7 Å². The molecule has 0 N–H and O–H groups in total. The van der Waals surface area contributed by atoms with Gasteiger partial charge in [-0.1, -0.05) is 0 Å². The highest BCUT2D eigenvalue weighted by atomic mass is 16.1. The third-order valence-corrected chi connectivity index (χ3v) is 2.44. The number of carbonyl (C=O) groups is 3. The molecule has 0 aromatic carbocycles. The van der Waals surface area contributed by atoms with Crippen molar-refractivity contribution in [1.82, 2.24) is 0 Å². The maximum Gasteiger partial charge on any atom is 0.133 e. The number of hydrogen-bond donors (Lipinski definition) is 0. The third-order valence-electron chi connectivity index (χ3n) is 2.44. The van der Waals surface area contributed by atoms with Gasteiger partial charge in [0, 0.05) is 25.7 Å². The normalized spacial score (nSPS) is 28.8. The minimum atomic E-state index is 0.125. The lowest BCUT2D eigenvalue weighted by atomic mass is 9.91. The number of hydrogen-bond acceptors (Lipinski definition) is 3. The molecule has 12 heavy (non-hydrogen) atoms. The summed E-state index contributed by atoms with van der Waals surface area (Å²) in [5.41, 5.74) is 0. The molecular formula is C9H12O3. The van der Waals surface area contributed by atoms with Gasteiger partial charge < -0.3 is 9.59 Å². The highest BCUT2D eigenvalue weighted by molar-refractivity contribution is 5.82. The molecule has 1 aliphatic carbocycles. The number of Topliss-reactive ketones (excluding diaryl/α,β-unsaturated/α-hetero) is 1. The molecule has 0 radical (unpaired) electrons. The zero-order chi connectivity index (χ0) is 8.97. The first-order valence-electron chi connectivity index (χ1n) is 4.17. The van der Waals surface area contributed by atoms with Crippen LogP contribution < -0.4 is 0 Å². The quantitative estimate of drug-likeness (QED) is 0.582. The summed E-state index contributed by atoms with van der Waals surface area (Å²) in [6.45, 7) is 0. The fourth-order valence-electron chi connectivity index (χ4n) is 1.80. The standard InChI is InChI=1S/C9H12O3/c10-3-1-7-5-9(12)6-8(7)2-4-11/h3-4,7-8H,1-2,5-6H2/t7-,8+. The highest BCUT2D eigenvalue weighted by Crippen LogP contribution is 2.32. The van der Waals surface area contributed by atoms with Crippen LogP contribution in [-0.2, 0) is 14.4 Å². The van der Waals surface area contributed by atoms with Gasteiger partial charge in [-0.3, -0.25) is 4.79 Å². The van der Waals surface area contributed by atoms with Crippen LogP contribution in [0.15, 0.2) is 0 Å². The lowest BCUT2D eigenvalue weighted by Gasteiger charge is -2.11. The van der Waals surface area contributed by atoms with Crippen LogP contribution in [-0.4, -0.2) is 18.4 Å². The molecular weight excluding hydrogens is 156 g/mol. The Labute approximate surface area is 71.1 Å². The van der Waals surface area contributed by atoms with Crippen LogP contribution >= 0.6 is 0 Å². The summed E-state index contributed by atoms with van der Waals surface area (Å²) in [6.07, 6.45) is 3.48. The van der Waals surface area contributed by atoms with Crippen molar-refractivity contribution >= 4 is 18.4 Å². The molecule has 66 valence electrons. The zero-order valence-electron chi connectivity index (χ0n) is 6.86. The largest absolute Gasteiger partial charge is 0.303 e. The number of aldehydes is 2. The Morgan fingerprint density at radius 3 is 1.83 bits per heavy atom. The van der Waals surface area contributed by atoms with Crippen molar-refractivity contribution in [3.8, 4) is 0 Å². The Balaban J connectivity index is 2.51. The van der Waals surface area contributed by atoms with Gasteiger partial charge in [-0.25, -0.2) is 0 Å². The van der Waals surface area contributed by atoms with E-state index in [1.54, 1.807) is 0 Å². The van der Waals surface area contributed by atoms with E-state index in [1.165, 1.54) is 0 Å². The molecule has 3 heteroatoms. The van der Waals surface area contributed by atoms with Crippen LogP contribution in [0.1, 0.15) is 25.7 Å². The van der Waals surface area contributed by atoms with E-state index in [4.69, 9.17) is 0 Å². The average Bonchev–Trinajstić information content (AvgIpc) is 2.33. The number of ketones is 1. The molecule has 3 nitrogen and oxygen atoms in total. The predicted octanol–water partition coefficient (Wildman–Crippen LogP) is 0.760. The van der Waals surface area contributed by atoms with Crippen molar-refractivity contribution < 1.29 is 14.4 Å². The van der Waals surface area contributed by atoms with E-state index in [9.17, 15) is 14.4 Å². The van der Waals surface area contributed by atoms with Crippen LogP contribution in [0.25, 0.3) is 0 Å². The fourth-order valence-corrected chi connectivity index (χ4v) is 1.80. The monoisotopic (exact) mass is 168 g/mol. The van der Waals surface area contributed by atoms with E-state index in [0.29, 0.717) is 25.7 Å². The molecule has 0 spiro atoms. The van der Waals surface area contributed by atoms with Gasteiger partial charge in [-0.15, -0.1) is 0 Å². The van der Waals surface area contributed by atoms with E-state index in [1.807, 2.05) is 0 Å². The second kappa shape index (κ2) is 4.14. The SMILES string of the molecule is O=CC[C@@H]1CC(=O)C[C@@H]1CC=O. The van der Waals surface area contributed by atoms with E-state index in [2.05, 4.69) is 0 Å². The van der Waals surface area contributed by atoms with E-state index in [-0.39, 0.29) is 17.6 Å². The second-order valence-electron chi connectivity index (χ2n) is 3.27. The fraction of sp³-hybridized carbons (Fsp3) is 0.667. The number of rotatable bonds is 4. The van der Waals surface area contributed by atoms with Crippen LogP contribution in [0, 0.1) is 11.8 Å². The van der Waals surface area contributed by atoms with Gasteiger partial charge in [0.15, 0.2) is 0 Å². The molecule has 1 aliphatic rings. The Morgan fingerprint density at radius 1 is 1.08 bits per heavy atom. The van der Waals surface area contributed by atoms with Crippen LogP contribution in [0.3, 0.4) is 0 Å². The average molecular weight is 168 g/mol. The maximum absolute atomic E-state index is 11.0. The van der Waals surface area contributed by atoms with Crippen LogP contribution in [0.2, 0.25) is 0 Å². The predicted molar refractivity (Wildman–Crippen MR) is 42.6 cm³/mol. The van der Waals surface area contributed by atoms with Crippen molar-refractivity contribution in [2.75, 3.05) is 0 Å². The van der Waals surface area contributed by atoms with E-state index < -0.39 is 0 Å². The number of carbonyl (C=O) groups excluding carboxylic acids is 3. The van der Waals surface area contributed by atoms with Gasteiger partial charge in [0.1, 0.15) is 18.4 Å². The van der Waals surface area contributed by atoms with Gasteiger partial charge in [-0.2, -0.15) is 0 Å². The van der Waals surface area contributed by atoms with Crippen molar-refractivity contribution in [3.63, 3.8) is 0 Å². The van der Waals surface area contributed by atoms with Crippen LogP contribution in [0.4, 0.5) is 0 Å². The summed E-state index contributed by atoms with van der Waals surface area (Å²) in [6, 6.07) is 0.